The number of furan rings is 1. The molecule has 2 aromatic heterocycles. The number of anilines is 1. The zero-order chi connectivity index (χ0) is 19.2. The standard InChI is InChI=1S/C20H21N3O3S/c1-23(2)16(17-8-4-10-26-17)13-21-19(24)14-6-3-7-15(12-14)22-20(25)18-9-5-11-27-18/h3-12,16H,13H2,1-2H3,(H,21,24)(H,22,25). The Bertz CT molecular complexity index is 889. The van der Waals surface area contributed by atoms with Gasteiger partial charge in [0, 0.05) is 17.8 Å². The summed E-state index contributed by atoms with van der Waals surface area (Å²) >= 11 is 1.37. The van der Waals surface area contributed by atoms with E-state index in [2.05, 4.69) is 10.6 Å². The van der Waals surface area contributed by atoms with E-state index in [4.69, 9.17) is 4.42 Å². The average Bonchev–Trinajstić information content (AvgIpc) is 3.36. The lowest BCUT2D eigenvalue weighted by molar-refractivity contribution is 0.0938. The Morgan fingerprint density at radius 2 is 1.96 bits per heavy atom. The number of likely N-dealkylation sites (N-methyl/N-ethyl adjacent to an activating group) is 1. The number of carbonyl (C=O) groups excluding carboxylic acids is 2. The minimum atomic E-state index is -0.208. The van der Waals surface area contributed by atoms with Gasteiger partial charge in [-0.15, -0.1) is 11.3 Å². The Labute approximate surface area is 161 Å². The Morgan fingerprint density at radius 3 is 2.63 bits per heavy atom. The summed E-state index contributed by atoms with van der Waals surface area (Å²) in [6.07, 6.45) is 1.62. The fourth-order valence-corrected chi connectivity index (χ4v) is 3.27. The summed E-state index contributed by atoms with van der Waals surface area (Å²) in [7, 11) is 3.86. The minimum Gasteiger partial charge on any atom is -0.468 e. The van der Waals surface area contributed by atoms with Gasteiger partial charge >= 0.3 is 0 Å². The fourth-order valence-electron chi connectivity index (χ4n) is 2.65. The zero-order valence-corrected chi connectivity index (χ0v) is 16.0. The van der Waals surface area contributed by atoms with E-state index in [1.165, 1.54) is 11.3 Å². The maximum absolute atomic E-state index is 12.5. The van der Waals surface area contributed by atoms with E-state index in [1.807, 2.05) is 42.6 Å². The highest BCUT2D eigenvalue weighted by Gasteiger charge is 2.18. The molecule has 2 N–H and O–H groups in total. The molecule has 3 rings (SSSR count). The molecule has 6 nitrogen and oxygen atoms in total. The van der Waals surface area contributed by atoms with E-state index in [0.29, 0.717) is 22.7 Å². The summed E-state index contributed by atoms with van der Waals surface area (Å²) in [6, 6.07) is 14.1. The molecule has 1 unspecified atom stereocenters. The van der Waals surface area contributed by atoms with Crippen LogP contribution in [0.5, 0.6) is 0 Å². The van der Waals surface area contributed by atoms with Crippen molar-refractivity contribution in [1.29, 1.82) is 0 Å². The quantitative estimate of drug-likeness (QED) is 0.653. The predicted octanol–water partition coefficient (Wildman–Crippen LogP) is 3.63. The molecule has 0 aliphatic rings. The van der Waals surface area contributed by atoms with Crippen molar-refractivity contribution >= 4 is 28.8 Å². The van der Waals surface area contributed by atoms with E-state index in [0.717, 1.165) is 5.76 Å². The van der Waals surface area contributed by atoms with Crippen molar-refractivity contribution in [3.05, 3.63) is 76.4 Å². The summed E-state index contributed by atoms with van der Waals surface area (Å²) < 4.78 is 5.45. The van der Waals surface area contributed by atoms with Crippen molar-refractivity contribution in [3.63, 3.8) is 0 Å². The Kier molecular flexibility index (Phi) is 6.05. The second kappa shape index (κ2) is 8.66. The fraction of sp³-hybridized carbons (Fsp3) is 0.200. The molecular formula is C20H21N3O3S. The molecule has 1 aromatic carbocycles. The van der Waals surface area contributed by atoms with Crippen molar-refractivity contribution < 1.29 is 14.0 Å². The van der Waals surface area contributed by atoms with Crippen LogP contribution in [0.25, 0.3) is 0 Å². The van der Waals surface area contributed by atoms with Gasteiger partial charge in [-0.1, -0.05) is 12.1 Å². The molecule has 2 heterocycles. The molecule has 0 fully saturated rings. The lowest BCUT2D eigenvalue weighted by Crippen LogP contribution is -2.34. The maximum atomic E-state index is 12.5. The van der Waals surface area contributed by atoms with Gasteiger partial charge in [0.2, 0.25) is 0 Å². The second-order valence-corrected chi connectivity index (χ2v) is 7.16. The number of thiophene rings is 1. The van der Waals surface area contributed by atoms with E-state index < -0.39 is 0 Å². The molecule has 0 aliphatic carbocycles. The number of rotatable bonds is 7. The van der Waals surface area contributed by atoms with Gasteiger partial charge < -0.3 is 15.1 Å². The third-order valence-corrected chi connectivity index (χ3v) is 4.95. The zero-order valence-electron chi connectivity index (χ0n) is 15.1. The lowest BCUT2D eigenvalue weighted by atomic mass is 10.1. The molecule has 0 spiro atoms. The van der Waals surface area contributed by atoms with Crippen LogP contribution >= 0.6 is 11.3 Å². The van der Waals surface area contributed by atoms with E-state index in [9.17, 15) is 9.59 Å². The van der Waals surface area contributed by atoms with Gasteiger partial charge in [-0.3, -0.25) is 14.5 Å². The molecule has 0 aliphatic heterocycles. The third kappa shape index (κ3) is 4.84. The highest BCUT2D eigenvalue weighted by atomic mass is 32.1. The van der Waals surface area contributed by atoms with Gasteiger partial charge in [0.05, 0.1) is 17.2 Å². The SMILES string of the molecule is CN(C)C(CNC(=O)c1cccc(NC(=O)c2cccs2)c1)c1ccco1. The van der Waals surface area contributed by atoms with Crippen LogP contribution in [-0.4, -0.2) is 37.4 Å². The molecule has 7 heteroatoms. The molecule has 1 atom stereocenters. The van der Waals surface area contributed by atoms with Crippen LogP contribution < -0.4 is 10.6 Å². The number of hydrogen-bond donors (Lipinski definition) is 2. The number of amides is 2. The Balaban J connectivity index is 1.64. The molecule has 140 valence electrons. The topological polar surface area (TPSA) is 74.6 Å². The first-order chi connectivity index (χ1) is 13.0. The van der Waals surface area contributed by atoms with Gasteiger partial charge in [0.1, 0.15) is 5.76 Å². The molecule has 0 radical (unpaired) electrons. The van der Waals surface area contributed by atoms with Crippen LogP contribution in [0.3, 0.4) is 0 Å². The lowest BCUT2D eigenvalue weighted by Gasteiger charge is -2.22. The first-order valence-electron chi connectivity index (χ1n) is 8.47. The van der Waals surface area contributed by atoms with Crippen molar-refractivity contribution in [3.8, 4) is 0 Å². The molecule has 0 bridgehead atoms. The largest absolute Gasteiger partial charge is 0.468 e. The van der Waals surface area contributed by atoms with E-state index in [-0.39, 0.29) is 17.9 Å². The highest BCUT2D eigenvalue weighted by molar-refractivity contribution is 7.12. The van der Waals surface area contributed by atoms with Crippen molar-refractivity contribution in [2.45, 2.75) is 6.04 Å². The first-order valence-corrected chi connectivity index (χ1v) is 9.35. The van der Waals surface area contributed by atoms with Gasteiger partial charge in [-0.05, 0) is 55.9 Å². The molecule has 2 amide bonds. The number of hydrogen-bond acceptors (Lipinski definition) is 5. The van der Waals surface area contributed by atoms with Crippen LogP contribution in [0, 0.1) is 0 Å². The maximum Gasteiger partial charge on any atom is 0.265 e. The number of carbonyl (C=O) groups is 2. The van der Waals surface area contributed by atoms with Gasteiger partial charge in [0.15, 0.2) is 0 Å². The molecule has 3 aromatic rings. The first kappa shape index (κ1) is 18.9. The summed E-state index contributed by atoms with van der Waals surface area (Å²) in [5, 5.41) is 7.59. The summed E-state index contributed by atoms with van der Waals surface area (Å²) in [5.41, 5.74) is 1.06. The van der Waals surface area contributed by atoms with Gasteiger partial charge in [-0.2, -0.15) is 0 Å². The Hall–Kier alpha value is -2.90. The molecule has 0 saturated carbocycles. The van der Waals surface area contributed by atoms with Crippen LogP contribution in [0.2, 0.25) is 0 Å². The molecule has 27 heavy (non-hydrogen) atoms. The van der Waals surface area contributed by atoms with Crippen LogP contribution in [0.4, 0.5) is 5.69 Å². The molecule has 0 saturated heterocycles. The van der Waals surface area contributed by atoms with Crippen LogP contribution in [0.15, 0.2) is 64.6 Å². The van der Waals surface area contributed by atoms with Crippen molar-refractivity contribution in [1.82, 2.24) is 10.2 Å². The van der Waals surface area contributed by atoms with Gasteiger partial charge in [0.25, 0.3) is 11.8 Å². The second-order valence-electron chi connectivity index (χ2n) is 6.22. The van der Waals surface area contributed by atoms with Crippen LogP contribution in [-0.2, 0) is 0 Å². The normalized spacial score (nSPS) is 12.0. The predicted molar refractivity (Wildman–Crippen MR) is 106 cm³/mol. The average molecular weight is 383 g/mol. The van der Waals surface area contributed by atoms with Crippen molar-refractivity contribution in [2.75, 3.05) is 26.0 Å². The van der Waals surface area contributed by atoms with E-state index in [1.54, 1.807) is 36.6 Å². The monoisotopic (exact) mass is 383 g/mol. The number of benzene rings is 1. The summed E-state index contributed by atoms with van der Waals surface area (Å²) in [6.45, 7) is 0.408. The van der Waals surface area contributed by atoms with Crippen LogP contribution in [0.1, 0.15) is 31.8 Å². The Morgan fingerprint density at radius 1 is 1.11 bits per heavy atom. The number of nitrogens with one attached hydrogen (secondary N) is 2. The minimum absolute atomic E-state index is 0.0642. The highest BCUT2D eigenvalue weighted by Crippen LogP contribution is 2.18. The molecular weight excluding hydrogens is 362 g/mol. The van der Waals surface area contributed by atoms with Crippen molar-refractivity contribution in [2.24, 2.45) is 0 Å². The smallest absolute Gasteiger partial charge is 0.265 e. The van der Waals surface area contributed by atoms with Gasteiger partial charge in [-0.25, -0.2) is 0 Å². The number of nitrogens with zero attached hydrogens (tertiary/aromatic N) is 1. The van der Waals surface area contributed by atoms with E-state index >= 15 is 0 Å². The summed E-state index contributed by atoms with van der Waals surface area (Å²) in [5.74, 6) is 0.394. The third-order valence-electron chi connectivity index (χ3n) is 4.08. The summed E-state index contributed by atoms with van der Waals surface area (Å²) in [4.78, 5) is 27.3.